The molecule has 0 saturated carbocycles. The molecule has 1 aliphatic heterocycles. The highest BCUT2D eigenvalue weighted by Gasteiger charge is 2.21. The lowest BCUT2D eigenvalue weighted by atomic mass is 9.98. The first-order valence-electron chi connectivity index (χ1n) is 6.69. The van der Waals surface area contributed by atoms with Crippen molar-refractivity contribution in [1.29, 1.82) is 0 Å². The third kappa shape index (κ3) is 4.52. The van der Waals surface area contributed by atoms with Crippen LogP contribution in [0, 0.1) is 0 Å². The van der Waals surface area contributed by atoms with Crippen LogP contribution in [0.1, 0.15) is 52.4 Å². The molecule has 1 rings (SSSR count). The smallest absolute Gasteiger partial charge is 0.00951 e. The summed E-state index contributed by atoms with van der Waals surface area (Å²) < 4.78 is 0. The quantitative estimate of drug-likeness (QED) is 0.728. The second kappa shape index (κ2) is 7.24. The van der Waals surface area contributed by atoms with E-state index in [-0.39, 0.29) is 0 Å². The van der Waals surface area contributed by atoms with E-state index in [2.05, 4.69) is 31.1 Å². The van der Waals surface area contributed by atoms with E-state index >= 15 is 0 Å². The highest BCUT2D eigenvalue weighted by molar-refractivity contribution is 4.77. The minimum Gasteiger partial charge on any atom is -0.317 e. The maximum Gasteiger partial charge on any atom is 0.00951 e. The molecule has 0 amide bonds. The van der Waals surface area contributed by atoms with Gasteiger partial charge in [0.2, 0.25) is 0 Å². The third-order valence-corrected chi connectivity index (χ3v) is 3.71. The summed E-state index contributed by atoms with van der Waals surface area (Å²) in [6.45, 7) is 7.20. The average molecular weight is 212 g/mol. The van der Waals surface area contributed by atoms with Crippen molar-refractivity contribution >= 4 is 0 Å². The molecule has 15 heavy (non-hydrogen) atoms. The van der Waals surface area contributed by atoms with E-state index in [0.29, 0.717) is 6.04 Å². The van der Waals surface area contributed by atoms with Crippen molar-refractivity contribution in [3.8, 4) is 0 Å². The molecule has 0 radical (unpaired) electrons. The van der Waals surface area contributed by atoms with Crippen LogP contribution in [-0.2, 0) is 0 Å². The molecule has 2 heteroatoms. The van der Waals surface area contributed by atoms with Gasteiger partial charge in [-0.1, -0.05) is 19.8 Å². The van der Waals surface area contributed by atoms with Crippen molar-refractivity contribution in [2.75, 3.05) is 20.1 Å². The van der Waals surface area contributed by atoms with Crippen molar-refractivity contribution in [3.63, 3.8) is 0 Å². The Morgan fingerprint density at radius 3 is 2.87 bits per heavy atom. The van der Waals surface area contributed by atoms with E-state index in [9.17, 15) is 0 Å². The van der Waals surface area contributed by atoms with Crippen LogP contribution in [0.4, 0.5) is 0 Å². The first-order chi connectivity index (χ1) is 7.27. The molecule has 2 atom stereocenters. The van der Waals surface area contributed by atoms with Crippen LogP contribution >= 0.6 is 0 Å². The Kier molecular flexibility index (Phi) is 6.26. The van der Waals surface area contributed by atoms with Gasteiger partial charge < -0.3 is 10.2 Å². The predicted molar refractivity (Wildman–Crippen MR) is 67.3 cm³/mol. The van der Waals surface area contributed by atoms with Crippen LogP contribution in [0.25, 0.3) is 0 Å². The zero-order valence-electron chi connectivity index (χ0n) is 10.8. The lowest BCUT2D eigenvalue weighted by Crippen LogP contribution is -2.41. The second-order valence-electron chi connectivity index (χ2n) is 4.95. The second-order valence-corrected chi connectivity index (χ2v) is 4.95. The highest BCUT2D eigenvalue weighted by Crippen LogP contribution is 2.20. The molecule has 1 heterocycles. The first-order valence-corrected chi connectivity index (χ1v) is 6.69. The van der Waals surface area contributed by atoms with E-state index in [1.165, 1.54) is 51.6 Å². The highest BCUT2D eigenvalue weighted by atomic mass is 15.2. The summed E-state index contributed by atoms with van der Waals surface area (Å²) in [5.41, 5.74) is 0. The Morgan fingerprint density at radius 2 is 2.20 bits per heavy atom. The van der Waals surface area contributed by atoms with Crippen LogP contribution < -0.4 is 5.32 Å². The first kappa shape index (κ1) is 13.0. The molecule has 1 N–H and O–H groups in total. The molecule has 0 aromatic heterocycles. The maximum absolute atomic E-state index is 3.32. The molecule has 0 aliphatic carbocycles. The summed E-state index contributed by atoms with van der Waals surface area (Å²) in [5, 5.41) is 3.32. The molecular weight excluding hydrogens is 184 g/mol. The fourth-order valence-corrected chi connectivity index (χ4v) is 2.52. The van der Waals surface area contributed by atoms with Crippen molar-refractivity contribution in [2.45, 2.75) is 64.5 Å². The SMILES string of the molecule is CCCC1CCCCN1CCC(C)NC. The lowest BCUT2D eigenvalue weighted by Gasteiger charge is -2.36. The van der Waals surface area contributed by atoms with Crippen LogP contribution in [0.2, 0.25) is 0 Å². The van der Waals surface area contributed by atoms with E-state index in [0.717, 1.165) is 6.04 Å². The van der Waals surface area contributed by atoms with Crippen LogP contribution in [0.15, 0.2) is 0 Å². The fourth-order valence-electron chi connectivity index (χ4n) is 2.52. The molecular formula is C13H28N2. The molecule has 0 aromatic carbocycles. The van der Waals surface area contributed by atoms with Gasteiger partial charge in [-0.15, -0.1) is 0 Å². The number of hydrogen-bond acceptors (Lipinski definition) is 2. The molecule has 1 saturated heterocycles. The summed E-state index contributed by atoms with van der Waals surface area (Å²) in [7, 11) is 2.06. The van der Waals surface area contributed by atoms with Gasteiger partial charge in [0.25, 0.3) is 0 Å². The van der Waals surface area contributed by atoms with Crippen LogP contribution in [0.5, 0.6) is 0 Å². The monoisotopic (exact) mass is 212 g/mol. The third-order valence-electron chi connectivity index (χ3n) is 3.71. The summed E-state index contributed by atoms with van der Waals surface area (Å²) in [6, 6.07) is 1.54. The average Bonchev–Trinajstić information content (AvgIpc) is 2.28. The van der Waals surface area contributed by atoms with Gasteiger partial charge in [0.15, 0.2) is 0 Å². The summed E-state index contributed by atoms with van der Waals surface area (Å²) in [5.74, 6) is 0. The van der Waals surface area contributed by atoms with Gasteiger partial charge in [0, 0.05) is 12.1 Å². The van der Waals surface area contributed by atoms with E-state index in [1.807, 2.05) is 0 Å². The Morgan fingerprint density at radius 1 is 1.40 bits per heavy atom. The number of nitrogens with one attached hydrogen (secondary N) is 1. The van der Waals surface area contributed by atoms with Gasteiger partial charge in [-0.2, -0.15) is 0 Å². The molecule has 90 valence electrons. The number of piperidine rings is 1. The van der Waals surface area contributed by atoms with Gasteiger partial charge in [-0.05, 0) is 52.7 Å². The summed E-state index contributed by atoms with van der Waals surface area (Å²) in [6.07, 6.45) is 8.31. The molecule has 0 spiro atoms. The summed E-state index contributed by atoms with van der Waals surface area (Å²) in [4.78, 5) is 2.72. The zero-order chi connectivity index (χ0) is 11.1. The standard InChI is InChI=1S/C13H28N2/c1-4-7-13-8-5-6-10-15(13)11-9-12(2)14-3/h12-14H,4-11H2,1-3H3. The van der Waals surface area contributed by atoms with Crippen molar-refractivity contribution in [1.82, 2.24) is 10.2 Å². The minimum atomic E-state index is 0.661. The topological polar surface area (TPSA) is 15.3 Å². The maximum atomic E-state index is 3.32. The number of likely N-dealkylation sites (tertiary alicyclic amines) is 1. The Hall–Kier alpha value is -0.0800. The van der Waals surface area contributed by atoms with Crippen molar-refractivity contribution < 1.29 is 0 Å². The largest absolute Gasteiger partial charge is 0.317 e. The number of hydrogen-bond donors (Lipinski definition) is 1. The molecule has 1 fully saturated rings. The Labute approximate surface area is 95.4 Å². The lowest BCUT2D eigenvalue weighted by molar-refractivity contribution is 0.134. The number of rotatable bonds is 6. The normalized spacial score (nSPS) is 25.4. The minimum absolute atomic E-state index is 0.661. The van der Waals surface area contributed by atoms with E-state index in [1.54, 1.807) is 0 Å². The molecule has 0 bridgehead atoms. The van der Waals surface area contributed by atoms with Gasteiger partial charge in [-0.3, -0.25) is 0 Å². The van der Waals surface area contributed by atoms with E-state index in [4.69, 9.17) is 0 Å². The Balaban J connectivity index is 2.28. The van der Waals surface area contributed by atoms with Crippen LogP contribution in [-0.4, -0.2) is 37.1 Å². The van der Waals surface area contributed by atoms with Crippen molar-refractivity contribution in [3.05, 3.63) is 0 Å². The molecule has 1 aliphatic rings. The van der Waals surface area contributed by atoms with Crippen molar-refractivity contribution in [2.24, 2.45) is 0 Å². The van der Waals surface area contributed by atoms with Crippen LogP contribution in [0.3, 0.4) is 0 Å². The van der Waals surface area contributed by atoms with Gasteiger partial charge in [-0.25, -0.2) is 0 Å². The molecule has 2 unspecified atom stereocenters. The number of nitrogens with zero attached hydrogens (tertiary/aromatic N) is 1. The molecule has 0 aromatic rings. The Bertz CT molecular complexity index is 157. The van der Waals surface area contributed by atoms with Gasteiger partial charge >= 0.3 is 0 Å². The zero-order valence-corrected chi connectivity index (χ0v) is 10.8. The predicted octanol–water partition coefficient (Wildman–Crippen LogP) is 2.64. The van der Waals surface area contributed by atoms with Gasteiger partial charge in [0.05, 0.1) is 0 Å². The fraction of sp³-hybridized carbons (Fsp3) is 1.00. The summed E-state index contributed by atoms with van der Waals surface area (Å²) >= 11 is 0. The van der Waals surface area contributed by atoms with E-state index < -0.39 is 0 Å². The molecule has 2 nitrogen and oxygen atoms in total. The van der Waals surface area contributed by atoms with Gasteiger partial charge in [0.1, 0.15) is 0 Å².